The van der Waals surface area contributed by atoms with Gasteiger partial charge in [-0.25, -0.2) is 0 Å². The summed E-state index contributed by atoms with van der Waals surface area (Å²) in [4.78, 5) is 2.35. The third-order valence-electron chi connectivity index (χ3n) is 2.13. The summed E-state index contributed by atoms with van der Waals surface area (Å²) >= 11 is 0. The molecule has 4 heteroatoms. The van der Waals surface area contributed by atoms with Crippen molar-refractivity contribution in [3.05, 3.63) is 30.3 Å². The summed E-state index contributed by atoms with van der Waals surface area (Å²) in [7, 11) is 0. The third-order valence-corrected chi connectivity index (χ3v) is 2.13. The molecule has 1 aromatic carbocycles. The molecule has 0 aliphatic carbocycles. The number of nitrogens with one attached hydrogen (secondary N) is 1. The molecule has 1 aliphatic heterocycles. The van der Waals surface area contributed by atoms with Crippen LogP contribution in [-0.2, 0) is 4.74 Å². The number of nitrogens with zero attached hydrogens (tertiary/aromatic N) is 2. The van der Waals surface area contributed by atoms with Crippen LogP contribution in [0, 0.1) is 5.39 Å². The first kappa shape index (κ1) is 10.5. The number of hydrogen-bond donors (Lipinski definition) is 1. The van der Waals surface area contributed by atoms with Gasteiger partial charge in [0.2, 0.25) is 5.39 Å². The van der Waals surface area contributed by atoms with Crippen LogP contribution in [0.15, 0.2) is 30.3 Å². The summed E-state index contributed by atoms with van der Waals surface area (Å²) < 4.78 is 5.28. The number of diazo groups is 1. The minimum Gasteiger partial charge on any atom is -0.378 e. The second-order valence-electron chi connectivity index (χ2n) is 2.93. The lowest BCUT2D eigenvalue weighted by atomic mass is 10.3. The van der Waals surface area contributed by atoms with Gasteiger partial charge in [0.1, 0.15) is 0 Å². The molecule has 0 aromatic heterocycles. The molecule has 1 N–H and O–H groups in total. The SMILES string of the molecule is N#[NH+].c1ccc(N2CCOCC2)cc1. The molecule has 0 spiro atoms. The van der Waals surface area contributed by atoms with Gasteiger partial charge in [-0.05, 0) is 12.1 Å². The summed E-state index contributed by atoms with van der Waals surface area (Å²) in [6.45, 7) is 3.75. The van der Waals surface area contributed by atoms with Crippen molar-refractivity contribution in [3.8, 4) is 0 Å². The van der Waals surface area contributed by atoms with E-state index in [-0.39, 0.29) is 0 Å². The quantitative estimate of drug-likeness (QED) is 0.627. The number of anilines is 1. The largest absolute Gasteiger partial charge is 0.378 e. The van der Waals surface area contributed by atoms with Gasteiger partial charge in [-0.2, -0.15) is 0 Å². The molecule has 1 saturated heterocycles. The van der Waals surface area contributed by atoms with Crippen LogP contribution in [0.25, 0.3) is 0 Å². The highest BCUT2D eigenvalue weighted by molar-refractivity contribution is 5.46. The standard InChI is InChI=1S/C10H13NO.N2/c1-2-4-10(5-3-1)11-6-8-12-9-7-11;1-2/h1-5H,6-9H2;/p+1. The van der Waals surface area contributed by atoms with Crippen molar-refractivity contribution in [3.63, 3.8) is 0 Å². The molecule has 1 heterocycles. The zero-order valence-corrected chi connectivity index (χ0v) is 8.02. The van der Waals surface area contributed by atoms with E-state index in [2.05, 4.69) is 29.2 Å². The molecule has 1 aromatic rings. The van der Waals surface area contributed by atoms with Gasteiger partial charge in [-0.3, -0.25) is 0 Å². The van der Waals surface area contributed by atoms with Crippen LogP contribution >= 0.6 is 0 Å². The van der Waals surface area contributed by atoms with Gasteiger partial charge in [0.25, 0.3) is 0 Å². The predicted octanol–water partition coefficient (Wildman–Crippen LogP) is -0.198. The number of benzene rings is 1. The lowest BCUT2D eigenvalue weighted by Gasteiger charge is -2.28. The van der Waals surface area contributed by atoms with Gasteiger partial charge in [-0.15, -0.1) is 0 Å². The highest BCUT2D eigenvalue weighted by atomic mass is 16.5. The molecule has 0 unspecified atom stereocenters. The first-order valence-electron chi connectivity index (χ1n) is 4.57. The topological polar surface area (TPSA) is 60.1 Å². The summed E-state index contributed by atoms with van der Waals surface area (Å²) in [5.41, 5.74) is 1.31. The minimum absolute atomic E-state index is 0.856. The fourth-order valence-corrected chi connectivity index (χ4v) is 1.46. The lowest BCUT2D eigenvalue weighted by Crippen LogP contribution is -2.36. The molecule has 0 bridgehead atoms. The van der Waals surface area contributed by atoms with Crippen molar-refractivity contribution < 1.29 is 10.1 Å². The van der Waals surface area contributed by atoms with Gasteiger partial charge in [0.15, 0.2) is 0 Å². The second-order valence-corrected chi connectivity index (χ2v) is 2.93. The Hall–Kier alpha value is -1.60. The van der Waals surface area contributed by atoms with E-state index in [1.54, 1.807) is 0 Å². The maximum atomic E-state index is 6.25. The van der Waals surface area contributed by atoms with E-state index in [0.29, 0.717) is 0 Å². The Morgan fingerprint density at radius 1 is 1.07 bits per heavy atom. The zero-order chi connectivity index (χ0) is 10.2. The normalized spacial score (nSPS) is 15.4. The van der Waals surface area contributed by atoms with Crippen LogP contribution < -0.4 is 10.3 Å². The highest BCUT2D eigenvalue weighted by Gasteiger charge is 2.09. The smallest absolute Gasteiger partial charge is 0.212 e. The van der Waals surface area contributed by atoms with Gasteiger partial charge >= 0.3 is 0 Å². The highest BCUT2D eigenvalue weighted by Crippen LogP contribution is 2.13. The molecule has 4 nitrogen and oxygen atoms in total. The number of hydrogen-bond acceptors (Lipinski definition) is 3. The van der Waals surface area contributed by atoms with Crippen molar-refractivity contribution in [2.24, 2.45) is 0 Å². The Kier molecular flexibility index (Phi) is 4.45. The molecule has 14 heavy (non-hydrogen) atoms. The molecule has 1 fully saturated rings. The Morgan fingerprint density at radius 3 is 2.21 bits per heavy atom. The van der Waals surface area contributed by atoms with E-state index in [9.17, 15) is 0 Å². The fraction of sp³-hybridized carbons (Fsp3) is 0.400. The average molecular weight is 192 g/mol. The summed E-state index contributed by atoms with van der Waals surface area (Å²) in [5, 5.41) is 11.0. The van der Waals surface area contributed by atoms with Crippen molar-refractivity contribution in [1.29, 1.82) is 5.39 Å². The maximum absolute atomic E-state index is 6.25. The van der Waals surface area contributed by atoms with E-state index in [1.807, 2.05) is 6.07 Å². The summed E-state index contributed by atoms with van der Waals surface area (Å²) in [6.07, 6.45) is 0. The number of ether oxygens (including phenoxy) is 1. The van der Waals surface area contributed by atoms with E-state index in [4.69, 9.17) is 15.5 Å². The van der Waals surface area contributed by atoms with Crippen molar-refractivity contribution in [1.82, 2.24) is 0 Å². The van der Waals surface area contributed by atoms with Crippen LogP contribution in [0.2, 0.25) is 0 Å². The maximum Gasteiger partial charge on any atom is 0.212 e. The van der Waals surface area contributed by atoms with E-state index >= 15 is 0 Å². The number of morpholine rings is 1. The van der Waals surface area contributed by atoms with Gasteiger partial charge in [0, 0.05) is 18.8 Å². The average Bonchev–Trinajstić information content (AvgIpc) is 2.34. The molecular formula is C10H14N3O+. The fourth-order valence-electron chi connectivity index (χ4n) is 1.46. The monoisotopic (exact) mass is 192 g/mol. The lowest BCUT2D eigenvalue weighted by molar-refractivity contribution is -0.175. The Labute approximate surface area is 83.5 Å². The van der Waals surface area contributed by atoms with Crippen LogP contribution in [0.4, 0.5) is 5.69 Å². The summed E-state index contributed by atoms with van der Waals surface area (Å²) in [6, 6.07) is 10.5. The first-order valence-corrected chi connectivity index (χ1v) is 4.57. The Morgan fingerprint density at radius 2 is 1.64 bits per heavy atom. The Bertz CT molecular complexity index is 267. The van der Waals surface area contributed by atoms with Crippen molar-refractivity contribution in [2.45, 2.75) is 0 Å². The van der Waals surface area contributed by atoms with E-state index in [1.165, 1.54) is 5.69 Å². The van der Waals surface area contributed by atoms with Crippen molar-refractivity contribution in [2.75, 3.05) is 31.2 Å². The third kappa shape index (κ3) is 2.71. The minimum atomic E-state index is 0.856. The first-order chi connectivity index (χ1) is 6.97. The van der Waals surface area contributed by atoms with E-state index < -0.39 is 0 Å². The van der Waals surface area contributed by atoms with Crippen LogP contribution in [0.3, 0.4) is 0 Å². The molecule has 74 valence electrons. The van der Waals surface area contributed by atoms with Crippen LogP contribution in [-0.4, -0.2) is 26.3 Å². The van der Waals surface area contributed by atoms with Crippen LogP contribution in [0.5, 0.6) is 0 Å². The molecule has 0 atom stereocenters. The molecule has 0 amide bonds. The van der Waals surface area contributed by atoms with Gasteiger partial charge in [-0.1, -0.05) is 18.2 Å². The van der Waals surface area contributed by atoms with Crippen molar-refractivity contribution >= 4 is 5.69 Å². The van der Waals surface area contributed by atoms with Gasteiger partial charge in [0.05, 0.1) is 18.6 Å². The zero-order valence-electron chi connectivity index (χ0n) is 8.02. The molecule has 1 aliphatic rings. The Balaban J connectivity index is 0.000000461. The summed E-state index contributed by atoms with van der Waals surface area (Å²) in [5.74, 6) is 0. The number of para-hydroxylation sites is 1. The van der Waals surface area contributed by atoms with Crippen LogP contribution in [0.1, 0.15) is 0 Å². The predicted molar refractivity (Wildman–Crippen MR) is 52.2 cm³/mol. The molecule has 0 saturated carbocycles. The second kappa shape index (κ2) is 5.95. The van der Waals surface area contributed by atoms with Gasteiger partial charge < -0.3 is 9.64 Å². The number of rotatable bonds is 1. The molecule has 2 rings (SSSR count). The van der Waals surface area contributed by atoms with E-state index in [0.717, 1.165) is 26.3 Å². The molecular weight excluding hydrogens is 178 g/mol. The molecule has 0 radical (unpaired) electrons.